The van der Waals surface area contributed by atoms with Crippen LogP contribution in [0.2, 0.25) is 0 Å². The van der Waals surface area contributed by atoms with Crippen molar-refractivity contribution < 1.29 is 14.3 Å². The van der Waals surface area contributed by atoms with Crippen LogP contribution in [-0.2, 0) is 4.74 Å². The van der Waals surface area contributed by atoms with E-state index in [0.29, 0.717) is 49.0 Å². The Morgan fingerprint density at radius 2 is 2.07 bits per heavy atom. The van der Waals surface area contributed by atoms with Crippen LogP contribution in [0.4, 0.5) is 5.95 Å². The molecule has 0 aliphatic carbocycles. The van der Waals surface area contributed by atoms with Gasteiger partial charge in [-0.3, -0.25) is 14.6 Å². The molecule has 2 amide bonds. The molecule has 0 radical (unpaired) electrons. The van der Waals surface area contributed by atoms with Gasteiger partial charge in [-0.2, -0.15) is 0 Å². The first-order valence-electron chi connectivity index (χ1n) is 9.52. The van der Waals surface area contributed by atoms with E-state index in [4.69, 9.17) is 4.74 Å². The SMILES string of the molecule is COCCNC(=O)c1cnc(N(C)C)nc1C1CCN(C(=O)c2ccncc2)C1. The Balaban J connectivity index is 1.81. The maximum Gasteiger partial charge on any atom is 0.254 e. The number of aromatic nitrogens is 3. The Kier molecular flexibility index (Phi) is 6.71. The Bertz CT molecular complexity index is 859. The van der Waals surface area contributed by atoms with E-state index in [1.165, 1.54) is 0 Å². The molecule has 0 aromatic carbocycles. The second-order valence-electron chi connectivity index (χ2n) is 7.08. The zero-order chi connectivity index (χ0) is 20.8. The summed E-state index contributed by atoms with van der Waals surface area (Å²) in [5.74, 6) is 0.224. The number of carbonyl (C=O) groups is 2. The highest BCUT2D eigenvalue weighted by Crippen LogP contribution is 2.30. The topological polar surface area (TPSA) is 101 Å². The van der Waals surface area contributed by atoms with Gasteiger partial charge in [-0.1, -0.05) is 0 Å². The molecule has 0 spiro atoms. The van der Waals surface area contributed by atoms with Crippen LogP contribution >= 0.6 is 0 Å². The lowest BCUT2D eigenvalue weighted by molar-refractivity contribution is 0.0790. The fourth-order valence-corrected chi connectivity index (χ4v) is 3.29. The predicted molar refractivity (Wildman–Crippen MR) is 108 cm³/mol. The molecule has 0 bridgehead atoms. The van der Waals surface area contributed by atoms with Crippen molar-refractivity contribution in [1.29, 1.82) is 0 Å². The molecule has 0 saturated carbocycles. The average Bonchev–Trinajstić information content (AvgIpc) is 3.23. The monoisotopic (exact) mass is 398 g/mol. The molecule has 1 aliphatic rings. The molecule has 9 heteroatoms. The van der Waals surface area contributed by atoms with Crippen LogP contribution in [0.25, 0.3) is 0 Å². The second kappa shape index (κ2) is 9.42. The van der Waals surface area contributed by atoms with Gasteiger partial charge in [0.25, 0.3) is 11.8 Å². The first-order chi connectivity index (χ1) is 14.0. The second-order valence-corrected chi connectivity index (χ2v) is 7.08. The summed E-state index contributed by atoms with van der Waals surface area (Å²) < 4.78 is 4.99. The Hall–Kier alpha value is -3.07. The highest BCUT2D eigenvalue weighted by molar-refractivity contribution is 5.96. The van der Waals surface area contributed by atoms with E-state index in [2.05, 4.69) is 20.3 Å². The quantitative estimate of drug-likeness (QED) is 0.693. The van der Waals surface area contributed by atoms with Crippen molar-refractivity contribution in [2.75, 3.05) is 52.3 Å². The summed E-state index contributed by atoms with van der Waals surface area (Å²) >= 11 is 0. The Morgan fingerprint density at radius 3 is 2.76 bits per heavy atom. The number of hydrogen-bond donors (Lipinski definition) is 1. The first-order valence-corrected chi connectivity index (χ1v) is 9.52. The van der Waals surface area contributed by atoms with E-state index in [1.807, 2.05) is 14.1 Å². The van der Waals surface area contributed by atoms with Gasteiger partial charge >= 0.3 is 0 Å². The largest absolute Gasteiger partial charge is 0.383 e. The van der Waals surface area contributed by atoms with Crippen LogP contribution in [0.1, 0.15) is 38.7 Å². The molecule has 1 aliphatic heterocycles. The third-order valence-corrected chi connectivity index (χ3v) is 4.83. The van der Waals surface area contributed by atoms with Crippen LogP contribution in [0.5, 0.6) is 0 Å². The minimum Gasteiger partial charge on any atom is -0.383 e. The number of rotatable bonds is 7. The van der Waals surface area contributed by atoms with E-state index in [1.54, 1.807) is 47.6 Å². The van der Waals surface area contributed by atoms with Crippen LogP contribution in [0, 0.1) is 0 Å². The van der Waals surface area contributed by atoms with Crippen LogP contribution in [0.3, 0.4) is 0 Å². The maximum atomic E-state index is 12.8. The predicted octanol–water partition coefficient (Wildman–Crippen LogP) is 0.944. The van der Waals surface area contributed by atoms with Crippen LogP contribution in [-0.4, -0.2) is 79.1 Å². The van der Waals surface area contributed by atoms with Gasteiger partial charge < -0.3 is 19.9 Å². The summed E-state index contributed by atoms with van der Waals surface area (Å²) in [5.41, 5.74) is 1.72. The van der Waals surface area contributed by atoms with Crippen molar-refractivity contribution in [3.05, 3.63) is 47.5 Å². The van der Waals surface area contributed by atoms with Crippen LogP contribution in [0.15, 0.2) is 30.7 Å². The van der Waals surface area contributed by atoms with Crippen molar-refractivity contribution in [3.8, 4) is 0 Å². The number of likely N-dealkylation sites (tertiary alicyclic amines) is 1. The van der Waals surface area contributed by atoms with E-state index < -0.39 is 0 Å². The summed E-state index contributed by atoms with van der Waals surface area (Å²) in [6.07, 6.45) is 5.51. The van der Waals surface area contributed by atoms with Gasteiger partial charge in [-0.15, -0.1) is 0 Å². The molecule has 1 N–H and O–H groups in total. The minimum atomic E-state index is -0.235. The highest BCUT2D eigenvalue weighted by Gasteiger charge is 2.32. The third kappa shape index (κ3) is 4.86. The number of nitrogens with one attached hydrogen (secondary N) is 1. The number of pyridine rings is 1. The smallest absolute Gasteiger partial charge is 0.254 e. The molecule has 1 atom stereocenters. The fraction of sp³-hybridized carbons (Fsp3) is 0.450. The number of methoxy groups -OCH3 is 1. The summed E-state index contributed by atoms with van der Waals surface area (Å²) in [6, 6.07) is 3.42. The van der Waals surface area contributed by atoms with Crippen molar-refractivity contribution in [3.63, 3.8) is 0 Å². The lowest BCUT2D eigenvalue weighted by Crippen LogP contribution is -2.31. The normalized spacial score (nSPS) is 16.0. The van der Waals surface area contributed by atoms with Gasteiger partial charge in [0.15, 0.2) is 0 Å². The van der Waals surface area contributed by atoms with Crippen molar-refractivity contribution in [1.82, 2.24) is 25.2 Å². The minimum absolute atomic E-state index is 0.0364. The number of anilines is 1. The number of hydrogen-bond acceptors (Lipinski definition) is 7. The molecular formula is C20H26N6O3. The maximum absolute atomic E-state index is 12.8. The molecule has 9 nitrogen and oxygen atoms in total. The highest BCUT2D eigenvalue weighted by atomic mass is 16.5. The Labute approximate surface area is 170 Å². The molecule has 29 heavy (non-hydrogen) atoms. The zero-order valence-corrected chi connectivity index (χ0v) is 17.0. The first kappa shape index (κ1) is 20.7. The van der Waals surface area contributed by atoms with Crippen molar-refractivity contribution >= 4 is 17.8 Å². The molecule has 3 rings (SSSR count). The van der Waals surface area contributed by atoms with Crippen molar-refractivity contribution in [2.45, 2.75) is 12.3 Å². The van der Waals surface area contributed by atoms with Gasteiger partial charge in [0.05, 0.1) is 17.9 Å². The van der Waals surface area contributed by atoms with Gasteiger partial charge in [0, 0.05) is 70.9 Å². The van der Waals surface area contributed by atoms with Crippen LogP contribution < -0.4 is 10.2 Å². The zero-order valence-electron chi connectivity index (χ0n) is 17.0. The number of nitrogens with zero attached hydrogens (tertiary/aromatic N) is 5. The molecule has 1 unspecified atom stereocenters. The van der Waals surface area contributed by atoms with Gasteiger partial charge in [0.2, 0.25) is 5.95 Å². The summed E-state index contributed by atoms with van der Waals surface area (Å²) in [4.78, 5) is 41.9. The van der Waals surface area contributed by atoms with E-state index >= 15 is 0 Å². The molecular weight excluding hydrogens is 372 g/mol. The molecule has 2 aromatic heterocycles. The molecule has 1 fully saturated rings. The van der Waals surface area contributed by atoms with Gasteiger partial charge in [-0.25, -0.2) is 9.97 Å². The third-order valence-electron chi connectivity index (χ3n) is 4.83. The molecule has 3 heterocycles. The van der Waals surface area contributed by atoms with E-state index in [-0.39, 0.29) is 17.7 Å². The lowest BCUT2D eigenvalue weighted by atomic mass is 9.99. The number of carbonyl (C=O) groups excluding carboxylic acids is 2. The Morgan fingerprint density at radius 1 is 1.31 bits per heavy atom. The number of amides is 2. The standard InChI is InChI=1S/C20H26N6O3/c1-25(2)20-23-12-16(18(27)22-9-11-29-3)17(24-20)15-6-10-26(13-15)19(28)14-4-7-21-8-5-14/h4-5,7-8,12,15H,6,9-11,13H2,1-3H3,(H,22,27). The molecule has 1 saturated heterocycles. The average molecular weight is 398 g/mol. The van der Waals surface area contributed by atoms with Crippen molar-refractivity contribution in [2.24, 2.45) is 0 Å². The van der Waals surface area contributed by atoms with E-state index in [0.717, 1.165) is 6.42 Å². The van der Waals surface area contributed by atoms with Gasteiger partial charge in [0.1, 0.15) is 0 Å². The summed E-state index contributed by atoms with van der Waals surface area (Å²) in [6.45, 7) is 1.94. The number of ether oxygens (including phenoxy) is 1. The summed E-state index contributed by atoms with van der Waals surface area (Å²) in [7, 11) is 5.29. The summed E-state index contributed by atoms with van der Waals surface area (Å²) in [5, 5.41) is 2.83. The van der Waals surface area contributed by atoms with Gasteiger partial charge in [-0.05, 0) is 18.6 Å². The van der Waals surface area contributed by atoms with E-state index in [9.17, 15) is 9.59 Å². The molecule has 154 valence electrons. The fourth-order valence-electron chi connectivity index (χ4n) is 3.29. The molecule has 2 aromatic rings. The lowest BCUT2D eigenvalue weighted by Gasteiger charge is -2.19.